The van der Waals surface area contributed by atoms with Gasteiger partial charge in [-0.1, -0.05) is 48.5 Å². The van der Waals surface area contributed by atoms with E-state index in [1.807, 2.05) is 0 Å². The molecule has 0 saturated carbocycles. The summed E-state index contributed by atoms with van der Waals surface area (Å²) in [5.41, 5.74) is 1.07. The molecule has 8 heteroatoms. The Bertz CT molecular complexity index is 1220. The van der Waals surface area contributed by atoms with E-state index in [9.17, 15) is 19.5 Å². The SMILES string of the molecule is O=C(OC1=C(Nc2ccc(O)cc2)C(Cl)C(=O)O1)c1ccccc1C(=O)c1ccccc1. The van der Waals surface area contributed by atoms with E-state index in [4.69, 9.17) is 21.1 Å². The number of carbonyl (C=O) groups excluding carboxylic acids is 3. The van der Waals surface area contributed by atoms with Crippen LogP contribution in [-0.2, 0) is 14.3 Å². The minimum absolute atomic E-state index is 0.00640. The first-order valence-corrected chi connectivity index (χ1v) is 9.94. The number of benzene rings is 3. The summed E-state index contributed by atoms with van der Waals surface area (Å²) in [6, 6.07) is 20.6. The third-order valence-electron chi connectivity index (χ3n) is 4.63. The zero-order valence-corrected chi connectivity index (χ0v) is 17.2. The molecule has 1 aliphatic heterocycles. The molecule has 2 N–H and O–H groups in total. The Morgan fingerprint density at radius 3 is 2.22 bits per heavy atom. The average Bonchev–Trinajstić information content (AvgIpc) is 3.07. The third kappa shape index (κ3) is 4.33. The van der Waals surface area contributed by atoms with Gasteiger partial charge in [0.25, 0.3) is 0 Å². The maximum atomic E-state index is 12.9. The predicted octanol–water partition coefficient (Wildman–Crippen LogP) is 4.23. The quantitative estimate of drug-likeness (QED) is 0.251. The van der Waals surface area contributed by atoms with Gasteiger partial charge in [-0.3, -0.25) is 4.79 Å². The van der Waals surface area contributed by atoms with Crippen molar-refractivity contribution in [3.05, 3.63) is 107 Å². The van der Waals surface area contributed by atoms with Crippen LogP contribution in [0.15, 0.2) is 90.5 Å². The van der Waals surface area contributed by atoms with Gasteiger partial charge in [0.05, 0.1) is 5.56 Å². The number of esters is 2. The molecule has 1 aliphatic rings. The van der Waals surface area contributed by atoms with Crippen LogP contribution in [-0.4, -0.2) is 28.2 Å². The average molecular weight is 450 g/mol. The number of alkyl halides is 1. The number of ketones is 1. The summed E-state index contributed by atoms with van der Waals surface area (Å²) in [6.07, 6.45) is 0. The number of hydrogen-bond donors (Lipinski definition) is 2. The van der Waals surface area contributed by atoms with Crippen molar-refractivity contribution in [2.45, 2.75) is 5.38 Å². The fourth-order valence-corrected chi connectivity index (χ4v) is 3.24. The van der Waals surface area contributed by atoms with Gasteiger partial charge in [0.15, 0.2) is 11.2 Å². The highest BCUT2D eigenvalue weighted by Crippen LogP contribution is 2.29. The van der Waals surface area contributed by atoms with E-state index < -0.39 is 23.3 Å². The standard InChI is InChI=1S/C24H16ClNO6/c25-19-20(26-15-10-12-16(27)13-11-15)24(32-23(19)30)31-22(29)18-9-5-4-8-17(18)21(28)14-6-2-1-3-7-14/h1-13,19,26-27H. The van der Waals surface area contributed by atoms with E-state index in [2.05, 4.69) is 5.32 Å². The van der Waals surface area contributed by atoms with E-state index in [1.165, 1.54) is 24.3 Å². The number of ether oxygens (including phenoxy) is 2. The molecule has 1 heterocycles. The first-order chi connectivity index (χ1) is 15.4. The molecular weight excluding hydrogens is 434 g/mol. The van der Waals surface area contributed by atoms with Crippen LogP contribution in [0.3, 0.4) is 0 Å². The van der Waals surface area contributed by atoms with Gasteiger partial charge in [-0.15, -0.1) is 11.6 Å². The van der Waals surface area contributed by atoms with Gasteiger partial charge in [0.2, 0.25) is 0 Å². The van der Waals surface area contributed by atoms with Gasteiger partial charge in [-0.25, -0.2) is 9.59 Å². The molecule has 3 aromatic carbocycles. The normalized spacial score (nSPS) is 15.3. The maximum absolute atomic E-state index is 12.9. The minimum atomic E-state index is -1.23. The Morgan fingerprint density at radius 2 is 1.53 bits per heavy atom. The van der Waals surface area contributed by atoms with E-state index in [-0.39, 0.29) is 28.4 Å². The molecule has 1 atom stereocenters. The fourth-order valence-electron chi connectivity index (χ4n) is 3.05. The van der Waals surface area contributed by atoms with Gasteiger partial charge in [-0.2, -0.15) is 0 Å². The Balaban J connectivity index is 1.62. The molecule has 0 saturated heterocycles. The molecule has 0 bridgehead atoms. The number of nitrogens with one attached hydrogen (secondary N) is 1. The molecule has 0 radical (unpaired) electrons. The van der Waals surface area contributed by atoms with Crippen molar-refractivity contribution in [2.75, 3.05) is 5.32 Å². The van der Waals surface area contributed by atoms with Crippen LogP contribution in [0.4, 0.5) is 5.69 Å². The number of aromatic hydroxyl groups is 1. The first kappa shape index (κ1) is 21.1. The Morgan fingerprint density at radius 1 is 0.906 bits per heavy atom. The van der Waals surface area contributed by atoms with Crippen molar-refractivity contribution in [3.8, 4) is 5.75 Å². The summed E-state index contributed by atoms with van der Waals surface area (Å²) in [6.45, 7) is 0. The lowest BCUT2D eigenvalue weighted by Gasteiger charge is -2.11. The molecular formula is C24H16ClNO6. The van der Waals surface area contributed by atoms with Crippen LogP contribution in [0.25, 0.3) is 0 Å². The van der Waals surface area contributed by atoms with Crippen LogP contribution in [0.1, 0.15) is 26.3 Å². The van der Waals surface area contributed by atoms with Crippen molar-refractivity contribution in [2.24, 2.45) is 0 Å². The summed E-state index contributed by atoms with van der Waals surface area (Å²) in [5, 5.41) is 11.1. The Kier molecular flexibility index (Phi) is 5.91. The molecule has 0 spiro atoms. The van der Waals surface area contributed by atoms with Crippen molar-refractivity contribution >= 4 is 35.0 Å². The second-order valence-electron chi connectivity index (χ2n) is 6.79. The summed E-state index contributed by atoms with van der Waals surface area (Å²) < 4.78 is 10.4. The number of carbonyl (C=O) groups is 3. The summed E-state index contributed by atoms with van der Waals surface area (Å²) in [4.78, 5) is 37.8. The number of cyclic esters (lactones) is 1. The second kappa shape index (κ2) is 8.95. The first-order valence-electron chi connectivity index (χ1n) is 9.51. The van der Waals surface area contributed by atoms with Gasteiger partial charge < -0.3 is 19.9 Å². The fraction of sp³-hybridized carbons (Fsp3) is 0.0417. The van der Waals surface area contributed by atoms with Crippen molar-refractivity contribution in [1.29, 1.82) is 0 Å². The highest BCUT2D eigenvalue weighted by molar-refractivity contribution is 6.33. The molecule has 4 rings (SSSR count). The van der Waals surface area contributed by atoms with E-state index in [0.29, 0.717) is 11.3 Å². The minimum Gasteiger partial charge on any atom is -0.508 e. The number of anilines is 1. The van der Waals surface area contributed by atoms with Crippen LogP contribution >= 0.6 is 11.6 Å². The van der Waals surface area contributed by atoms with Crippen LogP contribution < -0.4 is 5.32 Å². The molecule has 32 heavy (non-hydrogen) atoms. The van der Waals surface area contributed by atoms with Crippen molar-refractivity contribution in [1.82, 2.24) is 0 Å². The topological polar surface area (TPSA) is 102 Å². The number of phenolic OH excluding ortho intramolecular Hbond substituents is 1. The van der Waals surface area contributed by atoms with E-state index in [0.717, 1.165) is 0 Å². The summed E-state index contributed by atoms with van der Waals surface area (Å²) >= 11 is 6.11. The van der Waals surface area contributed by atoms with Crippen molar-refractivity contribution in [3.63, 3.8) is 0 Å². The van der Waals surface area contributed by atoms with Gasteiger partial charge in [0, 0.05) is 16.8 Å². The largest absolute Gasteiger partial charge is 0.508 e. The van der Waals surface area contributed by atoms with Gasteiger partial charge in [-0.05, 0) is 30.3 Å². The molecule has 7 nitrogen and oxygen atoms in total. The summed E-state index contributed by atoms with van der Waals surface area (Å²) in [5.74, 6) is -2.41. The van der Waals surface area contributed by atoms with E-state index in [1.54, 1.807) is 54.6 Å². The number of phenols is 1. The second-order valence-corrected chi connectivity index (χ2v) is 7.22. The third-order valence-corrected chi connectivity index (χ3v) is 5.03. The monoisotopic (exact) mass is 449 g/mol. The van der Waals surface area contributed by atoms with Gasteiger partial charge >= 0.3 is 17.9 Å². The molecule has 0 amide bonds. The molecule has 0 aliphatic carbocycles. The summed E-state index contributed by atoms with van der Waals surface area (Å²) in [7, 11) is 0. The van der Waals surface area contributed by atoms with Crippen molar-refractivity contribution < 1.29 is 29.0 Å². The number of halogens is 1. The van der Waals surface area contributed by atoms with Crippen LogP contribution in [0, 0.1) is 0 Å². The lowest BCUT2D eigenvalue weighted by molar-refractivity contribution is -0.139. The predicted molar refractivity (Wildman–Crippen MR) is 116 cm³/mol. The van der Waals surface area contributed by atoms with E-state index >= 15 is 0 Å². The highest BCUT2D eigenvalue weighted by Gasteiger charge is 2.38. The lowest BCUT2D eigenvalue weighted by atomic mass is 9.98. The number of hydrogen-bond acceptors (Lipinski definition) is 7. The molecule has 3 aromatic rings. The lowest BCUT2D eigenvalue weighted by Crippen LogP contribution is -2.16. The highest BCUT2D eigenvalue weighted by atomic mass is 35.5. The zero-order chi connectivity index (χ0) is 22.7. The Labute approximate surface area is 187 Å². The van der Waals surface area contributed by atoms with Crippen LogP contribution in [0.2, 0.25) is 0 Å². The number of rotatable bonds is 6. The molecule has 1 unspecified atom stereocenters. The molecule has 160 valence electrons. The van der Waals surface area contributed by atoms with Crippen LogP contribution in [0.5, 0.6) is 5.75 Å². The smallest absolute Gasteiger partial charge is 0.346 e. The Hall–Kier alpha value is -4.10. The zero-order valence-electron chi connectivity index (χ0n) is 16.4. The molecule has 0 aromatic heterocycles. The maximum Gasteiger partial charge on any atom is 0.346 e. The van der Waals surface area contributed by atoms with Gasteiger partial charge in [0.1, 0.15) is 11.4 Å². The molecule has 0 fully saturated rings.